The van der Waals surface area contributed by atoms with Crippen molar-refractivity contribution in [1.29, 1.82) is 0 Å². The van der Waals surface area contributed by atoms with Gasteiger partial charge < -0.3 is 9.47 Å². The first-order valence-electron chi connectivity index (χ1n) is 14.5. The van der Waals surface area contributed by atoms with Gasteiger partial charge in [-0.3, -0.25) is 0 Å². The average Bonchev–Trinajstić information content (AvgIpc) is 3.05. The quantitative estimate of drug-likeness (QED) is 0.344. The van der Waals surface area contributed by atoms with E-state index in [1.54, 1.807) is 14.2 Å². The summed E-state index contributed by atoms with van der Waals surface area (Å²) in [4.78, 5) is 0. The molecule has 0 aromatic heterocycles. The van der Waals surface area contributed by atoms with E-state index in [0.29, 0.717) is 0 Å². The second-order valence-corrected chi connectivity index (χ2v) is 5.11. The molecule has 0 amide bonds. The summed E-state index contributed by atoms with van der Waals surface area (Å²) in [5.74, 6) is 1.74. The van der Waals surface area contributed by atoms with Crippen LogP contribution < -0.4 is 9.47 Å². The van der Waals surface area contributed by atoms with Gasteiger partial charge in [-0.2, -0.15) is 0 Å². The SMILES string of the molecule is CC.CC.CC.CC.CC.CC.CC.COc1ccc(-c2ccc(OC)cc2)cc1.Cc1ccccc1. The summed E-state index contributed by atoms with van der Waals surface area (Å²) >= 11 is 0. The van der Waals surface area contributed by atoms with Crippen LogP contribution in [0.5, 0.6) is 11.5 Å². The first kappa shape index (κ1) is 47.5. The standard InChI is InChI=1S/C14H14O2.C7H8.7C2H6/c1-15-13-7-3-11(4-8-13)12-5-9-14(16-2)10-6-12;1-7-5-3-2-4-6-7;7*1-2/h3-10H,1-2H3;2-6H,1H3;7*1-2H3. The van der Waals surface area contributed by atoms with Crippen LogP contribution in [0.15, 0.2) is 78.9 Å². The maximum atomic E-state index is 5.12. The fourth-order valence-corrected chi connectivity index (χ4v) is 2.10. The molecule has 0 atom stereocenters. The van der Waals surface area contributed by atoms with Crippen LogP contribution in [0.25, 0.3) is 11.1 Å². The number of ether oxygens (including phenoxy) is 2. The van der Waals surface area contributed by atoms with E-state index in [2.05, 4.69) is 19.1 Å². The van der Waals surface area contributed by atoms with Crippen molar-refractivity contribution in [2.75, 3.05) is 14.2 Å². The van der Waals surface area contributed by atoms with E-state index in [1.807, 2.05) is 164 Å². The molecule has 2 nitrogen and oxygen atoms in total. The zero-order valence-corrected chi connectivity index (χ0v) is 27.8. The second-order valence-electron chi connectivity index (χ2n) is 5.11. The maximum Gasteiger partial charge on any atom is 0.118 e. The van der Waals surface area contributed by atoms with Crippen LogP contribution in [0.2, 0.25) is 0 Å². The Labute approximate surface area is 234 Å². The van der Waals surface area contributed by atoms with Crippen molar-refractivity contribution in [3.8, 4) is 22.6 Å². The first-order chi connectivity index (χ1) is 18.2. The van der Waals surface area contributed by atoms with E-state index in [-0.39, 0.29) is 0 Å². The minimum atomic E-state index is 0.872. The van der Waals surface area contributed by atoms with Crippen molar-refractivity contribution in [1.82, 2.24) is 0 Å². The third-order valence-electron chi connectivity index (χ3n) is 3.45. The fourth-order valence-electron chi connectivity index (χ4n) is 2.10. The van der Waals surface area contributed by atoms with Gasteiger partial charge in [0.25, 0.3) is 0 Å². The summed E-state index contributed by atoms with van der Waals surface area (Å²) in [6.07, 6.45) is 0. The minimum Gasteiger partial charge on any atom is -0.497 e. The van der Waals surface area contributed by atoms with Crippen LogP contribution in [0, 0.1) is 6.92 Å². The fraction of sp³-hybridized carbons (Fsp3) is 0.486. The monoisotopic (exact) mass is 516 g/mol. The number of hydrogen-bond donors (Lipinski definition) is 0. The summed E-state index contributed by atoms with van der Waals surface area (Å²) in [5.41, 5.74) is 3.66. The molecule has 0 radical (unpaired) electrons. The molecule has 0 saturated heterocycles. The molecule has 0 bridgehead atoms. The van der Waals surface area contributed by atoms with Gasteiger partial charge in [-0.25, -0.2) is 0 Å². The van der Waals surface area contributed by atoms with E-state index in [4.69, 9.17) is 9.47 Å². The lowest BCUT2D eigenvalue weighted by atomic mass is 10.1. The Morgan fingerprint density at radius 2 is 0.595 bits per heavy atom. The third-order valence-corrected chi connectivity index (χ3v) is 3.45. The van der Waals surface area contributed by atoms with Crippen LogP contribution in [0.1, 0.15) is 102 Å². The highest BCUT2D eigenvalue weighted by Crippen LogP contribution is 2.24. The van der Waals surface area contributed by atoms with Crippen molar-refractivity contribution < 1.29 is 9.47 Å². The second kappa shape index (κ2) is 46.6. The Balaban J connectivity index is -0.0000000963. The van der Waals surface area contributed by atoms with Gasteiger partial charge in [0.1, 0.15) is 11.5 Å². The summed E-state index contributed by atoms with van der Waals surface area (Å²) in [5, 5.41) is 0. The number of aryl methyl sites for hydroxylation is 1. The number of benzene rings is 3. The zero-order chi connectivity index (χ0) is 30.5. The minimum absolute atomic E-state index is 0.872. The lowest BCUT2D eigenvalue weighted by Gasteiger charge is -2.05. The van der Waals surface area contributed by atoms with Crippen molar-refractivity contribution in [3.63, 3.8) is 0 Å². The van der Waals surface area contributed by atoms with E-state index >= 15 is 0 Å². The van der Waals surface area contributed by atoms with Crippen molar-refractivity contribution in [2.45, 2.75) is 104 Å². The molecule has 0 spiro atoms. The van der Waals surface area contributed by atoms with Gasteiger partial charge in [-0.05, 0) is 42.3 Å². The molecule has 0 fully saturated rings. The van der Waals surface area contributed by atoms with Gasteiger partial charge in [-0.15, -0.1) is 0 Å². The summed E-state index contributed by atoms with van der Waals surface area (Å²) in [7, 11) is 3.34. The molecular formula is C35H64O2. The summed E-state index contributed by atoms with van der Waals surface area (Å²) in [6.45, 7) is 30.1. The molecule has 216 valence electrons. The Kier molecular flexibility index (Phi) is 59.7. The Morgan fingerprint density at radius 1 is 0.351 bits per heavy atom. The molecule has 0 heterocycles. The predicted octanol–water partition coefficient (Wildman–Crippen LogP) is 12.5. The number of rotatable bonds is 3. The predicted molar refractivity (Wildman–Crippen MR) is 176 cm³/mol. The van der Waals surface area contributed by atoms with Crippen molar-refractivity contribution in [3.05, 3.63) is 84.4 Å². The van der Waals surface area contributed by atoms with E-state index in [0.717, 1.165) is 11.5 Å². The zero-order valence-electron chi connectivity index (χ0n) is 27.8. The Hall–Kier alpha value is -2.74. The van der Waals surface area contributed by atoms with E-state index < -0.39 is 0 Å². The topological polar surface area (TPSA) is 18.5 Å². The third kappa shape index (κ3) is 29.4. The first-order valence-corrected chi connectivity index (χ1v) is 14.5. The Bertz CT molecular complexity index is 642. The highest BCUT2D eigenvalue weighted by molar-refractivity contribution is 5.64. The summed E-state index contributed by atoms with van der Waals surface area (Å²) in [6, 6.07) is 26.3. The molecule has 2 heteroatoms. The molecule has 3 aromatic carbocycles. The molecule has 0 aliphatic carbocycles. The van der Waals surface area contributed by atoms with Crippen molar-refractivity contribution in [2.24, 2.45) is 0 Å². The van der Waals surface area contributed by atoms with E-state index in [1.165, 1.54) is 16.7 Å². The van der Waals surface area contributed by atoms with Crippen LogP contribution in [0.4, 0.5) is 0 Å². The van der Waals surface area contributed by atoms with Crippen LogP contribution in [-0.4, -0.2) is 14.2 Å². The van der Waals surface area contributed by atoms with Gasteiger partial charge in [0.15, 0.2) is 0 Å². The molecule has 3 aromatic rings. The maximum absolute atomic E-state index is 5.12. The average molecular weight is 517 g/mol. The number of methoxy groups -OCH3 is 2. The molecule has 0 unspecified atom stereocenters. The molecule has 37 heavy (non-hydrogen) atoms. The smallest absolute Gasteiger partial charge is 0.118 e. The number of hydrogen-bond acceptors (Lipinski definition) is 2. The van der Waals surface area contributed by atoms with Gasteiger partial charge in [0.2, 0.25) is 0 Å². The van der Waals surface area contributed by atoms with Gasteiger partial charge in [0.05, 0.1) is 14.2 Å². The Morgan fingerprint density at radius 3 is 0.757 bits per heavy atom. The van der Waals surface area contributed by atoms with Crippen LogP contribution in [-0.2, 0) is 0 Å². The van der Waals surface area contributed by atoms with Gasteiger partial charge in [0, 0.05) is 0 Å². The molecular weight excluding hydrogens is 452 g/mol. The highest BCUT2D eigenvalue weighted by atomic mass is 16.5. The van der Waals surface area contributed by atoms with Gasteiger partial charge >= 0.3 is 0 Å². The van der Waals surface area contributed by atoms with Crippen molar-refractivity contribution >= 4 is 0 Å². The molecule has 0 aliphatic heterocycles. The van der Waals surface area contributed by atoms with Crippen LogP contribution in [0.3, 0.4) is 0 Å². The van der Waals surface area contributed by atoms with Gasteiger partial charge in [-0.1, -0.05) is 157 Å². The van der Waals surface area contributed by atoms with E-state index in [9.17, 15) is 0 Å². The molecule has 0 saturated carbocycles. The van der Waals surface area contributed by atoms with Crippen LogP contribution >= 0.6 is 0 Å². The largest absolute Gasteiger partial charge is 0.497 e. The highest BCUT2D eigenvalue weighted by Gasteiger charge is 1.98. The molecule has 3 rings (SSSR count). The lowest BCUT2D eigenvalue weighted by Crippen LogP contribution is -1.84. The molecule has 0 aliphatic rings. The summed E-state index contributed by atoms with van der Waals surface area (Å²) < 4.78 is 10.2. The normalized spacial score (nSPS) is 7.05. The lowest BCUT2D eigenvalue weighted by molar-refractivity contribution is 0.414. The molecule has 0 N–H and O–H groups in total.